The fourth-order valence-electron chi connectivity index (χ4n) is 2.30. The molecule has 1 aromatic carbocycles. The van der Waals surface area contributed by atoms with Gasteiger partial charge in [-0.1, -0.05) is 18.2 Å². The number of pyridine rings is 1. The van der Waals surface area contributed by atoms with Crippen molar-refractivity contribution in [1.29, 1.82) is 0 Å². The van der Waals surface area contributed by atoms with Crippen molar-refractivity contribution in [3.8, 4) is 0 Å². The first-order valence-electron chi connectivity index (χ1n) is 7.07. The van der Waals surface area contributed by atoms with Gasteiger partial charge in [0.05, 0.1) is 23.0 Å². The van der Waals surface area contributed by atoms with Crippen molar-refractivity contribution in [3.63, 3.8) is 0 Å². The average molecular weight is 334 g/mol. The second-order valence-electron chi connectivity index (χ2n) is 5.05. The van der Waals surface area contributed by atoms with Crippen LogP contribution in [0.3, 0.4) is 0 Å². The molecular weight excluding hydrogens is 321 g/mol. The minimum atomic E-state index is -4.54. The average Bonchev–Trinajstić information content (AvgIpc) is 2.96. The van der Waals surface area contributed by atoms with Gasteiger partial charge in [0.25, 0.3) is 0 Å². The first-order chi connectivity index (χ1) is 11.4. The lowest BCUT2D eigenvalue weighted by Crippen LogP contribution is -2.29. The van der Waals surface area contributed by atoms with Crippen molar-refractivity contribution in [2.24, 2.45) is 0 Å². The normalized spacial score (nSPS) is 11.5. The summed E-state index contributed by atoms with van der Waals surface area (Å²) in [4.78, 5) is 11.9. The summed E-state index contributed by atoms with van der Waals surface area (Å²) < 4.78 is 40.3. The van der Waals surface area contributed by atoms with Gasteiger partial charge in [0, 0.05) is 18.3 Å². The van der Waals surface area contributed by atoms with Crippen LogP contribution in [0.25, 0.3) is 5.52 Å². The molecule has 0 atom stereocenters. The third-order valence-corrected chi connectivity index (χ3v) is 3.43. The lowest BCUT2D eigenvalue weighted by atomic mass is 10.1. The van der Waals surface area contributed by atoms with Gasteiger partial charge in [-0.2, -0.15) is 18.3 Å². The zero-order valence-corrected chi connectivity index (χ0v) is 12.3. The maximum atomic E-state index is 12.9. The van der Waals surface area contributed by atoms with E-state index in [1.54, 1.807) is 16.9 Å². The van der Waals surface area contributed by atoms with Crippen LogP contribution in [-0.4, -0.2) is 15.6 Å². The van der Waals surface area contributed by atoms with Gasteiger partial charge in [0.15, 0.2) is 0 Å². The SMILES string of the molecule is O=C(NCc1cnn2ccccc12)Nc1ccccc1C(F)(F)F. The number of carbonyl (C=O) groups excluding carboxylic acids is 1. The van der Waals surface area contributed by atoms with Gasteiger partial charge in [0.1, 0.15) is 0 Å². The fourth-order valence-corrected chi connectivity index (χ4v) is 2.30. The van der Waals surface area contributed by atoms with E-state index < -0.39 is 17.8 Å². The predicted molar refractivity (Wildman–Crippen MR) is 82.5 cm³/mol. The van der Waals surface area contributed by atoms with Crippen LogP contribution in [0.15, 0.2) is 54.9 Å². The second-order valence-corrected chi connectivity index (χ2v) is 5.05. The lowest BCUT2D eigenvalue weighted by Gasteiger charge is -2.13. The highest BCUT2D eigenvalue weighted by Gasteiger charge is 2.33. The van der Waals surface area contributed by atoms with Crippen molar-refractivity contribution in [2.75, 3.05) is 5.32 Å². The van der Waals surface area contributed by atoms with E-state index in [1.807, 2.05) is 18.2 Å². The molecule has 3 aromatic rings. The highest BCUT2D eigenvalue weighted by molar-refractivity contribution is 5.90. The molecule has 2 heterocycles. The Balaban J connectivity index is 1.69. The van der Waals surface area contributed by atoms with Gasteiger partial charge in [-0.25, -0.2) is 9.31 Å². The minimum absolute atomic E-state index is 0.146. The van der Waals surface area contributed by atoms with Gasteiger partial charge in [-0.15, -0.1) is 0 Å². The van der Waals surface area contributed by atoms with Crippen molar-refractivity contribution < 1.29 is 18.0 Å². The molecule has 0 fully saturated rings. The molecule has 0 bridgehead atoms. The number of hydrogen-bond acceptors (Lipinski definition) is 2. The number of nitrogens with one attached hydrogen (secondary N) is 2. The Kier molecular flexibility index (Phi) is 4.11. The van der Waals surface area contributed by atoms with Crippen LogP contribution in [0.4, 0.5) is 23.7 Å². The summed E-state index contributed by atoms with van der Waals surface area (Å²) in [6.45, 7) is 0.146. The topological polar surface area (TPSA) is 58.4 Å². The number of fused-ring (bicyclic) bond motifs is 1. The van der Waals surface area contributed by atoms with Gasteiger partial charge in [0.2, 0.25) is 0 Å². The molecule has 2 amide bonds. The monoisotopic (exact) mass is 334 g/mol. The van der Waals surface area contributed by atoms with Crippen molar-refractivity contribution >= 4 is 17.2 Å². The maximum Gasteiger partial charge on any atom is 0.418 e. The Hall–Kier alpha value is -3.03. The molecule has 0 aliphatic rings. The summed E-state index contributed by atoms with van der Waals surface area (Å²) in [5, 5.41) is 8.89. The summed E-state index contributed by atoms with van der Waals surface area (Å²) in [5.74, 6) is 0. The molecule has 24 heavy (non-hydrogen) atoms. The fraction of sp³-hybridized carbons (Fsp3) is 0.125. The zero-order valence-electron chi connectivity index (χ0n) is 12.3. The molecule has 3 rings (SSSR count). The summed E-state index contributed by atoms with van der Waals surface area (Å²) in [7, 11) is 0. The number of halogens is 3. The number of urea groups is 1. The van der Waals surface area contributed by atoms with Crippen LogP contribution < -0.4 is 10.6 Å². The molecule has 8 heteroatoms. The van der Waals surface area contributed by atoms with Crippen molar-refractivity contribution in [2.45, 2.75) is 12.7 Å². The minimum Gasteiger partial charge on any atom is -0.334 e. The standard InChI is InChI=1S/C16H13F3N4O/c17-16(18,19)12-5-1-2-6-13(12)22-15(24)20-9-11-10-21-23-8-4-3-7-14(11)23/h1-8,10H,9H2,(H2,20,22,24). The van der Waals surface area contributed by atoms with E-state index in [0.29, 0.717) is 0 Å². The van der Waals surface area contributed by atoms with E-state index in [0.717, 1.165) is 17.1 Å². The molecule has 0 radical (unpaired) electrons. The Bertz CT molecular complexity index is 873. The van der Waals surface area contributed by atoms with Crippen LogP contribution in [0.2, 0.25) is 0 Å². The Morgan fingerprint density at radius 1 is 1.12 bits per heavy atom. The number of aromatic nitrogens is 2. The molecule has 2 aromatic heterocycles. The smallest absolute Gasteiger partial charge is 0.334 e. The number of hydrogen-bond donors (Lipinski definition) is 2. The number of anilines is 1. The Morgan fingerprint density at radius 2 is 1.88 bits per heavy atom. The van der Waals surface area contributed by atoms with E-state index in [4.69, 9.17) is 0 Å². The van der Waals surface area contributed by atoms with Gasteiger partial charge in [-0.3, -0.25) is 0 Å². The van der Waals surface area contributed by atoms with Crippen molar-refractivity contribution in [3.05, 3.63) is 66.0 Å². The highest BCUT2D eigenvalue weighted by Crippen LogP contribution is 2.34. The number of carbonyl (C=O) groups is 1. The van der Waals surface area contributed by atoms with E-state index in [9.17, 15) is 18.0 Å². The van der Waals surface area contributed by atoms with E-state index >= 15 is 0 Å². The number of nitrogens with zero attached hydrogens (tertiary/aromatic N) is 2. The maximum absolute atomic E-state index is 12.9. The first-order valence-corrected chi connectivity index (χ1v) is 7.07. The van der Waals surface area contributed by atoms with Gasteiger partial charge >= 0.3 is 12.2 Å². The molecule has 0 saturated carbocycles. The number of rotatable bonds is 3. The van der Waals surface area contributed by atoms with Crippen LogP contribution in [0.1, 0.15) is 11.1 Å². The summed E-state index contributed by atoms with van der Waals surface area (Å²) >= 11 is 0. The molecule has 0 aliphatic heterocycles. The third-order valence-electron chi connectivity index (χ3n) is 3.43. The molecule has 2 N–H and O–H groups in total. The van der Waals surface area contributed by atoms with E-state index in [1.165, 1.54) is 18.2 Å². The number of para-hydroxylation sites is 1. The van der Waals surface area contributed by atoms with Crippen LogP contribution in [-0.2, 0) is 12.7 Å². The molecule has 5 nitrogen and oxygen atoms in total. The number of alkyl halides is 3. The molecule has 0 saturated heterocycles. The Labute approximate surface area is 135 Å². The molecule has 0 spiro atoms. The van der Waals surface area contributed by atoms with Gasteiger partial charge < -0.3 is 10.6 Å². The predicted octanol–water partition coefficient (Wildman–Crippen LogP) is 3.67. The lowest BCUT2D eigenvalue weighted by molar-refractivity contribution is -0.136. The highest BCUT2D eigenvalue weighted by atomic mass is 19.4. The van der Waals surface area contributed by atoms with Crippen molar-refractivity contribution in [1.82, 2.24) is 14.9 Å². The summed E-state index contributed by atoms with van der Waals surface area (Å²) in [6.07, 6.45) is -1.18. The molecular formula is C16H13F3N4O. The number of amides is 2. The van der Waals surface area contributed by atoms with E-state index in [2.05, 4.69) is 15.7 Å². The largest absolute Gasteiger partial charge is 0.418 e. The first kappa shape index (κ1) is 15.9. The molecule has 0 unspecified atom stereocenters. The Morgan fingerprint density at radius 3 is 2.67 bits per heavy atom. The quantitative estimate of drug-likeness (QED) is 0.768. The molecule has 124 valence electrons. The summed E-state index contributed by atoms with van der Waals surface area (Å²) in [6, 6.07) is 9.58. The third kappa shape index (κ3) is 3.32. The second kappa shape index (κ2) is 6.23. The van der Waals surface area contributed by atoms with Gasteiger partial charge in [-0.05, 0) is 24.3 Å². The summed E-state index contributed by atoms with van der Waals surface area (Å²) in [5.41, 5.74) is 0.391. The zero-order chi connectivity index (χ0) is 17.2. The van der Waals surface area contributed by atoms with Crippen LogP contribution in [0.5, 0.6) is 0 Å². The van der Waals surface area contributed by atoms with Crippen LogP contribution >= 0.6 is 0 Å². The van der Waals surface area contributed by atoms with E-state index in [-0.39, 0.29) is 12.2 Å². The number of benzene rings is 1. The molecule has 0 aliphatic carbocycles. The van der Waals surface area contributed by atoms with Crippen LogP contribution in [0, 0.1) is 0 Å².